The Balaban J connectivity index is 2.25. The topological polar surface area (TPSA) is 84.5 Å². The van der Waals surface area contributed by atoms with E-state index in [2.05, 4.69) is 35.7 Å². The Hall–Kier alpha value is -2.34. The molecule has 0 unspecified atom stereocenters. The van der Waals surface area contributed by atoms with Gasteiger partial charge in [-0.3, -0.25) is 0 Å². The zero-order chi connectivity index (χ0) is 16.8. The van der Waals surface area contributed by atoms with Crippen LogP contribution in [-0.4, -0.2) is 14.4 Å². The van der Waals surface area contributed by atoms with Crippen molar-refractivity contribution in [2.45, 2.75) is 31.6 Å². The Morgan fingerprint density at radius 2 is 1.78 bits per heavy atom. The maximum atomic E-state index is 12.3. The average molecular weight is 329 g/mol. The van der Waals surface area contributed by atoms with Gasteiger partial charge < -0.3 is 11.1 Å². The molecule has 1 aliphatic heterocycles. The average Bonchev–Trinajstić information content (AvgIpc) is 2.45. The van der Waals surface area contributed by atoms with E-state index in [4.69, 9.17) is 5.73 Å². The first-order valence-electron chi connectivity index (χ1n) is 7.38. The summed E-state index contributed by atoms with van der Waals surface area (Å²) in [5, 5.41) is 2.94. The third kappa shape index (κ3) is 2.59. The molecule has 0 amide bonds. The van der Waals surface area contributed by atoms with Gasteiger partial charge in [-0.25, -0.2) is 0 Å². The Kier molecular flexibility index (Phi) is 3.64. The molecule has 23 heavy (non-hydrogen) atoms. The fourth-order valence-electron chi connectivity index (χ4n) is 3.16. The largest absolute Gasteiger partial charge is 0.369 e. The molecule has 0 aromatic heterocycles. The van der Waals surface area contributed by atoms with Crippen molar-refractivity contribution >= 4 is 21.7 Å². The van der Waals surface area contributed by atoms with Gasteiger partial charge in [-0.05, 0) is 42.2 Å². The first-order valence-corrected chi connectivity index (χ1v) is 8.82. The normalized spacial score (nSPS) is 16.9. The number of benzene rings is 2. The summed E-state index contributed by atoms with van der Waals surface area (Å²) >= 11 is 0. The second-order valence-electron chi connectivity index (χ2n) is 5.82. The molecule has 1 heterocycles. The highest BCUT2D eigenvalue weighted by Gasteiger charge is 2.29. The highest BCUT2D eigenvalue weighted by atomic mass is 32.2. The van der Waals surface area contributed by atoms with E-state index in [-0.39, 0.29) is 16.8 Å². The second kappa shape index (κ2) is 5.38. The molecular weight excluding hydrogens is 310 g/mol. The zero-order valence-corrected chi connectivity index (χ0v) is 14.1. The minimum absolute atomic E-state index is 0.0275. The van der Waals surface area contributed by atoms with E-state index in [1.54, 1.807) is 6.07 Å². The van der Waals surface area contributed by atoms with Gasteiger partial charge in [0.15, 0.2) is 0 Å². The predicted molar refractivity (Wildman–Crippen MR) is 92.3 cm³/mol. The summed E-state index contributed by atoms with van der Waals surface area (Å²) in [7, 11) is -3.76. The van der Waals surface area contributed by atoms with Gasteiger partial charge in [0, 0.05) is 5.92 Å². The van der Waals surface area contributed by atoms with E-state index in [1.165, 1.54) is 0 Å². The Morgan fingerprint density at radius 1 is 1.09 bits per heavy atom. The van der Waals surface area contributed by atoms with Crippen LogP contribution in [-0.2, 0) is 10.0 Å². The number of fused-ring (bicyclic) bond motifs is 1. The quantitative estimate of drug-likeness (QED) is 0.887. The number of anilines is 1. The van der Waals surface area contributed by atoms with Crippen molar-refractivity contribution in [2.75, 3.05) is 5.32 Å². The maximum absolute atomic E-state index is 12.3. The van der Waals surface area contributed by atoms with Crippen LogP contribution in [0.15, 0.2) is 45.7 Å². The van der Waals surface area contributed by atoms with E-state index in [1.807, 2.05) is 25.1 Å². The van der Waals surface area contributed by atoms with Gasteiger partial charge in [0.1, 0.15) is 4.90 Å². The standard InChI is InChI=1S/C17H19N3O2S/c1-10-6-4-5-7-13(10)12(3)15-11(2)8-9-14-16(15)19-17(18)20-23(14,21)22/h4-9,12H,1-3H3,(H3,18,19,20)/t12-/m1/s1. The minimum atomic E-state index is -3.76. The van der Waals surface area contributed by atoms with Crippen molar-refractivity contribution in [1.29, 1.82) is 0 Å². The van der Waals surface area contributed by atoms with Gasteiger partial charge in [-0.2, -0.15) is 8.42 Å². The fourth-order valence-corrected chi connectivity index (χ4v) is 4.23. The van der Waals surface area contributed by atoms with Gasteiger partial charge in [-0.15, -0.1) is 4.40 Å². The summed E-state index contributed by atoms with van der Waals surface area (Å²) < 4.78 is 28.1. The van der Waals surface area contributed by atoms with E-state index in [0.29, 0.717) is 5.69 Å². The lowest BCUT2D eigenvalue weighted by molar-refractivity contribution is 0.597. The molecule has 120 valence electrons. The summed E-state index contributed by atoms with van der Waals surface area (Å²) in [6, 6.07) is 11.5. The monoisotopic (exact) mass is 329 g/mol. The lowest BCUT2D eigenvalue weighted by atomic mass is 9.86. The van der Waals surface area contributed by atoms with E-state index in [9.17, 15) is 8.42 Å². The van der Waals surface area contributed by atoms with Crippen molar-refractivity contribution in [3.05, 3.63) is 58.7 Å². The van der Waals surface area contributed by atoms with E-state index >= 15 is 0 Å². The molecule has 6 heteroatoms. The van der Waals surface area contributed by atoms with Crippen molar-refractivity contribution in [1.82, 2.24) is 0 Å². The molecule has 0 spiro atoms. The van der Waals surface area contributed by atoms with Gasteiger partial charge in [0.05, 0.1) is 5.69 Å². The van der Waals surface area contributed by atoms with Crippen molar-refractivity contribution in [2.24, 2.45) is 10.1 Å². The summed E-state index contributed by atoms with van der Waals surface area (Å²) in [4.78, 5) is 0.174. The molecule has 2 aromatic rings. The predicted octanol–water partition coefficient (Wildman–Crippen LogP) is 2.88. The molecule has 1 aliphatic rings. The number of rotatable bonds is 2. The highest BCUT2D eigenvalue weighted by Crippen LogP contribution is 2.39. The first-order chi connectivity index (χ1) is 10.8. The summed E-state index contributed by atoms with van der Waals surface area (Å²) in [5.41, 5.74) is 10.5. The minimum Gasteiger partial charge on any atom is -0.369 e. The van der Waals surface area contributed by atoms with Crippen molar-refractivity contribution in [3.63, 3.8) is 0 Å². The molecular formula is C17H19N3O2S. The number of sulfonamides is 1. The number of aryl methyl sites for hydroxylation is 2. The summed E-state index contributed by atoms with van der Waals surface area (Å²) in [6.45, 7) is 6.10. The van der Waals surface area contributed by atoms with Crippen LogP contribution in [0.5, 0.6) is 0 Å². The number of guanidine groups is 1. The Bertz CT molecular complexity index is 917. The molecule has 0 saturated carbocycles. The SMILES string of the molecule is Cc1ccccc1[C@@H](C)c1c(C)ccc2c1NC(N)=NS2(=O)=O. The summed E-state index contributed by atoms with van der Waals surface area (Å²) in [6.07, 6.45) is 0. The van der Waals surface area contributed by atoms with Crippen LogP contribution in [0.4, 0.5) is 5.69 Å². The van der Waals surface area contributed by atoms with Crippen LogP contribution in [0, 0.1) is 13.8 Å². The van der Waals surface area contributed by atoms with Crippen molar-refractivity contribution in [3.8, 4) is 0 Å². The fraction of sp³-hybridized carbons (Fsp3) is 0.235. The van der Waals surface area contributed by atoms with Crippen LogP contribution >= 0.6 is 0 Å². The molecule has 1 atom stereocenters. The second-order valence-corrected chi connectivity index (χ2v) is 7.40. The maximum Gasteiger partial charge on any atom is 0.287 e. The number of nitrogens with one attached hydrogen (secondary N) is 1. The van der Waals surface area contributed by atoms with Crippen LogP contribution in [0.2, 0.25) is 0 Å². The molecule has 0 bridgehead atoms. The summed E-state index contributed by atoms with van der Waals surface area (Å²) in [5.74, 6) is -0.0684. The van der Waals surface area contributed by atoms with E-state index < -0.39 is 10.0 Å². The third-order valence-corrected chi connectivity index (χ3v) is 5.60. The number of nitrogens with zero attached hydrogens (tertiary/aromatic N) is 1. The van der Waals surface area contributed by atoms with Crippen LogP contribution < -0.4 is 11.1 Å². The van der Waals surface area contributed by atoms with Crippen LogP contribution in [0.25, 0.3) is 0 Å². The van der Waals surface area contributed by atoms with Crippen LogP contribution in [0.3, 0.4) is 0 Å². The molecule has 3 N–H and O–H groups in total. The van der Waals surface area contributed by atoms with E-state index in [0.717, 1.165) is 22.3 Å². The van der Waals surface area contributed by atoms with Gasteiger partial charge >= 0.3 is 0 Å². The molecule has 0 fully saturated rings. The lowest BCUT2D eigenvalue weighted by Gasteiger charge is -2.25. The Morgan fingerprint density at radius 3 is 2.48 bits per heavy atom. The lowest BCUT2D eigenvalue weighted by Crippen LogP contribution is -2.30. The molecule has 5 nitrogen and oxygen atoms in total. The third-order valence-electron chi connectivity index (χ3n) is 4.26. The molecule has 0 saturated heterocycles. The van der Waals surface area contributed by atoms with Gasteiger partial charge in [-0.1, -0.05) is 37.3 Å². The van der Waals surface area contributed by atoms with Crippen molar-refractivity contribution < 1.29 is 8.42 Å². The zero-order valence-electron chi connectivity index (χ0n) is 13.3. The smallest absolute Gasteiger partial charge is 0.287 e. The van der Waals surface area contributed by atoms with Gasteiger partial charge in [0.2, 0.25) is 5.96 Å². The molecule has 0 aliphatic carbocycles. The number of hydrogen-bond donors (Lipinski definition) is 2. The molecule has 0 radical (unpaired) electrons. The first kappa shape index (κ1) is 15.6. The number of nitrogens with two attached hydrogens (primary N) is 1. The Labute approximate surface area is 136 Å². The number of hydrogen-bond acceptors (Lipinski definition) is 4. The van der Waals surface area contributed by atoms with Crippen LogP contribution in [0.1, 0.15) is 35.1 Å². The molecule has 3 rings (SSSR count). The molecule has 2 aromatic carbocycles. The highest BCUT2D eigenvalue weighted by molar-refractivity contribution is 7.90. The van der Waals surface area contributed by atoms with Gasteiger partial charge in [0.25, 0.3) is 10.0 Å².